The van der Waals surface area contributed by atoms with Crippen molar-refractivity contribution in [2.45, 2.75) is 31.7 Å². The molecule has 2 N–H and O–H groups in total. The van der Waals surface area contributed by atoms with E-state index in [-0.39, 0.29) is 30.0 Å². The molecule has 2 heterocycles. The third-order valence-corrected chi connectivity index (χ3v) is 6.65. The highest BCUT2D eigenvalue weighted by Gasteiger charge is 2.31. The Morgan fingerprint density at radius 2 is 1.91 bits per heavy atom. The van der Waals surface area contributed by atoms with Gasteiger partial charge in [-0.15, -0.1) is 24.0 Å². The highest BCUT2D eigenvalue weighted by Crippen LogP contribution is 2.20. The molecule has 0 amide bonds. The molecule has 32 heavy (non-hydrogen) atoms. The number of benzene rings is 1. The SMILES string of the molecule is COc1ccc(CCNC(=NC[C@H]2CCCN2S(C)(=O)=O)NCCc2ccco2)cc1.I. The van der Waals surface area contributed by atoms with E-state index >= 15 is 0 Å². The number of aliphatic imine (C=N–C) groups is 1. The second-order valence-electron chi connectivity index (χ2n) is 7.64. The Morgan fingerprint density at radius 3 is 2.53 bits per heavy atom. The fourth-order valence-electron chi connectivity index (χ4n) is 3.68. The van der Waals surface area contributed by atoms with Crippen molar-refractivity contribution in [3.8, 4) is 5.75 Å². The molecule has 2 aromatic rings. The topological polar surface area (TPSA) is 96.2 Å². The number of furan rings is 1. The van der Waals surface area contributed by atoms with E-state index in [1.54, 1.807) is 17.7 Å². The number of nitrogens with zero attached hydrogens (tertiary/aromatic N) is 2. The van der Waals surface area contributed by atoms with Crippen LogP contribution in [-0.2, 0) is 22.9 Å². The number of hydrogen-bond donors (Lipinski definition) is 2. The van der Waals surface area contributed by atoms with E-state index < -0.39 is 10.0 Å². The lowest BCUT2D eigenvalue weighted by atomic mass is 10.1. The first-order valence-electron chi connectivity index (χ1n) is 10.6. The zero-order valence-corrected chi connectivity index (χ0v) is 21.8. The number of rotatable bonds is 10. The molecule has 1 aliphatic heterocycles. The van der Waals surface area contributed by atoms with Crippen LogP contribution < -0.4 is 15.4 Å². The molecule has 8 nitrogen and oxygen atoms in total. The summed E-state index contributed by atoms with van der Waals surface area (Å²) in [6.45, 7) is 2.39. The van der Waals surface area contributed by atoms with Crippen LogP contribution in [0.2, 0.25) is 0 Å². The van der Waals surface area contributed by atoms with Gasteiger partial charge in [-0.3, -0.25) is 4.99 Å². The number of nitrogens with one attached hydrogen (secondary N) is 2. The van der Waals surface area contributed by atoms with Gasteiger partial charge in [-0.1, -0.05) is 12.1 Å². The summed E-state index contributed by atoms with van der Waals surface area (Å²) >= 11 is 0. The van der Waals surface area contributed by atoms with Gasteiger partial charge in [0.15, 0.2) is 5.96 Å². The molecule has 0 saturated carbocycles. The summed E-state index contributed by atoms with van der Waals surface area (Å²) < 4.78 is 36.1. The van der Waals surface area contributed by atoms with Crippen molar-refractivity contribution >= 4 is 40.0 Å². The van der Waals surface area contributed by atoms with Gasteiger partial charge in [0.2, 0.25) is 10.0 Å². The van der Waals surface area contributed by atoms with Crippen LogP contribution in [0.5, 0.6) is 5.75 Å². The molecule has 0 aliphatic carbocycles. The van der Waals surface area contributed by atoms with E-state index in [2.05, 4.69) is 15.6 Å². The van der Waals surface area contributed by atoms with E-state index in [1.807, 2.05) is 36.4 Å². The van der Waals surface area contributed by atoms with Crippen LogP contribution in [0.3, 0.4) is 0 Å². The van der Waals surface area contributed by atoms with Crippen LogP contribution in [0.1, 0.15) is 24.2 Å². The van der Waals surface area contributed by atoms with Gasteiger partial charge in [0.1, 0.15) is 11.5 Å². The van der Waals surface area contributed by atoms with E-state index in [0.29, 0.717) is 32.1 Å². The zero-order chi connectivity index (χ0) is 22.1. The van der Waals surface area contributed by atoms with Crippen molar-refractivity contribution in [1.82, 2.24) is 14.9 Å². The van der Waals surface area contributed by atoms with Gasteiger partial charge in [0.25, 0.3) is 0 Å². The van der Waals surface area contributed by atoms with Gasteiger partial charge in [-0.25, -0.2) is 8.42 Å². The predicted octanol–water partition coefficient (Wildman–Crippen LogP) is 2.65. The molecule has 10 heteroatoms. The van der Waals surface area contributed by atoms with Gasteiger partial charge in [0.05, 0.1) is 26.2 Å². The molecule has 1 aromatic heterocycles. The number of ether oxygens (including phenoxy) is 1. The molecule has 1 aromatic carbocycles. The maximum Gasteiger partial charge on any atom is 0.211 e. The summed E-state index contributed by atoms with van der Waals surface area (Å²) in [6, 6.07) is 11.7. The molecule has 0 bridgehead atoms. The molecule has 0 spiro atoms. The van der Waals surface area contributed by atoms with Crippen molar-refractivity contribution in [2.24, 2.45) is 4.99 Å². The summed E-state index contributed by atoms with van der Waals surface area (Å²) in [5.74, 6) is 2.43. The first kappa shape index (κ1) is 26.5. The van der Waals surface area contributed by atoms with Crippen LogP contribution in [0, 0.1) is 0 Å². The summed E-state index contributed by atoms with van der Waals surface area (Å²) in [7, 11) is -1.55. The smallest absolute Gasteiger partial charge is 0.211 e. The summed E-state index contributed by atoms with van der Waals surface area (Å²) in [5.41, 5.74) is 1.20. The Labute approximate surface area is 207 Å². The van der Waals surface area contributed by atoms with Crippen LogP contribution in [0.15, 0.2) is 52.1 Å². The molecule has 178 valence electrons. The molecular formula is C22H33IN4O4S. The van der Waals surface area contributed by atoms with Crippen molar-refractivity contribution in [3.63, 3.8) is 0 Å². The molecule has 0 radical (unpaired) electrons. The number of sulfonamides is 1. The number of hydrogen-bond acceptors (Lipinski definition) is 5. The Bertz CT molecular complexity index is 933. The Morgan fingerprint density at radius 1 is 1.19 bits per heavy atom. The largest absolute Gasteiger partial charge is 0.497 e. The summed E-state index contributed by atoms with van der Waals surface area (Å²) in [5, 5.41) is 6.69. The van der Waals surface area contributed by atoms with Gasteiger partial charge >= 0.3 is 0 Å². The van der Waals surface area contributed by atoms with Gasteiger partial charge in [-0.2, -0.15) is 4.31 Å². The predicted molar refractivity (Wildman–Crippen MR) is 137 cm³/mol. The lowest BCUT2D eigenvalue weighted by molar-refractivity contribution is 0.396. The number of methoxy groups -OCH3 is 1. The molecule has 1 saturated heterocycles. The third kappa shape index (κ3) is 8.28. The van der Waals surface area contributed by atoms with Gasteiger partial charge in [-0.05, 0) is 49.1 Å². The fourth-order valence-corrected chi connectivity index (χ4v) is 4.85. The minimum absolute atomic E-state index is 0. The highest BCUT2D eigenvalue weighted by molar-refractivity contribution is 14.0. The van der Waals surface area contributed by atoms with Crippen molar-refractivity contribution in [1.29, 1.82) is 0 Å². The van der Waals surface area contributed by atoms with E-state index in [9.17, 15) is 8.42 Å². The Balaban J connectivity index is 0.00000363. The molecule has 0 unspecified atom stereocenters. The van der Waals surface area contributed by atoms with Gasteiger partial charge < -0.3 is 19.8 Å². The molecule has 1 fully saturated rings. The third-order valence-electron chi connectivity index (χ3n) is 5.32. The number of guanidine groups is 1. The van der Waals surface area contributed by atoms with E-state index in [0.717, 1.165) is 37.2 Å². The fraction of sp³-hybridized carbons (Fsp3) is 0.500. The lowest BCUT2D eigenvalue weighted by Gasteiger charge is -2.21. The van der Waals surface area contributed by atoms with Crippen LogP contribution in [-0.4, -0.2) is 64.3 Å². The average Bonchev–Trinajstić information content (AvgIpc) is 3.44. The summed E-state index contributed by atoms with van der Waals surface area (Å²) in [4.78, 5) is 4.68. The normalized spacial score (nSPS) is 17.1. The molecule has 1 atom stereocenters. The summed E-state index contributed by atoms with van der Waals surface area (Å²) in [6.07, 6.45) is 6.22. The minimum atomic E-state index is -3.20. The molecular weight excluding hydrogens is 543 g/mol. The van der Waals surface area contributed by atoms with Gasteiger partial charge in [0, 0.05) is 32.1 Å². The molecule has 3 rings (SSSR count). The van der Waals surface area contributed by atoms with Crippen LogP contribution >= 0.6 is 24.0 Å². The first-order valence-corrected chi connectivity index (χ1v) is 12.4. The first-order chi connectivity index (χ1) is 15.0. The average molecular weight is 577 g/mol. The van der Waals surface area contributed by atoms with Crippen molar-refractivity contribution < 1.29 is 17.6 Å². The monoisotopic (exact) mass is 576 g/mol. The lowest BCUT2D eigenvalue weighted by Crippen LogP contribution is -2.41. The Kier molecular flexibility index (Phi) is 10.8. The maximum absolute atomic E-state index is 12.0. The highest BCUT2D eigenvalue weighted by atomic mass is 127. The van der Waals surface area contributed by atoms with Crippen LogP contribution in [0.4, 0.5) is 0 Å². The standard InChI is InChI=1S/C22H32N4O4S.HI/c1-29-20-9-7-18(8-10-20)11-13-23-22(24-14-12-21-6-4-16-30-21)25-17-19-5-3-15-26(19)31(2,27)28;/h4,6-10,16,19H,3,5,11-15,17H2,1-2H3,(H2,23,24,25);1H/t19-;/m1./s1. The van der Waals surface area contributed by atoms with E-state index in [1.165, 1.54) is 11.8 Å². The van der Waals surface area contributed by atoms with Crippen molar-refractivity contribution in [2.75, 3.05) is 39.5 Å². The second-order valence-corrected chi connectivity index (χ2v) is 9.58. The zero-order valence-electron chi connectivity index (χ0n) is 18.6. The minimum Gasteiger partial charge on any atom is -0.497 e. The maximum atomic E-state index is 12.0. The van der Waals surface area contributed by atoms with Crippen molar-refractivity contribution in [3.05, 3.63) is 54.0 Å². The van der Waals surface area contributed by atoms with E-state index in [4.69, 9.17) is 9.15 Å². The quantitative estimate of drug-likeness (QED) is 0.257. The van der Waals surface area contributed by atoms with Crippen LogP contribution in [0.25, 0.3) is 0 Å². The number of halogens is 1. The molecule has 1 aliphatic rings. The second kappa shape index (κ2) is 13.0. The Hall–Kier alpha value is -1.79.